The van der Waals surface area contributed by atoms with E-state index in [9.17, 15) is 9.59 Å². The van der Waals surface area contributed by atoms with Gasteiger partial charge in [0.25, 0.3) is 5.91 Å². The highest BCUT2D eigenvalue weighted by molar-refractivity contribution is 6.01. The first kappa shape index (κ1) is 18.0. The third-order valence-corrected chi connectivity index (χ3v) is 4.46. The van der Waals surface area contributed by atoms with Crippen molar-refractivity contribution in [3.63, 3.8) is 0 Å². The first-order chi connectivity index (χ1) is 13.6. The van der Waals surface area contributed by atoms with Gasteiger partial charge in [0.05, 0.1) is 18.7 Å². The Morgan fingerprint density at radius 2 is 2.04 bits per heavy atom. The molecule has 0 radical (unpaired) electrons. The van der Waals surface area contributed by atoms with Crippen LogP contribution in [0.1, 0.15) is 41.9 Å². The Kier molecular flexibility index (Phi) is 4.97. The van der Waals surface area contributed by atoms with E-state index >= 15 is 0 Å². The molecule has 28 heavy (non-hydrogen) atoms. The number of oxazole rings is 1. The van der Waals surface area contributed by atoms with Crippen LogP contribution in [0.2, 0.25) is 0 Å². The highest BCUT2D eigenvalue weighted by atomic mass is 16.5. The van der Waals surface area contributed by atoms with Crippen molar-refractivity contribution in [1.29, 1.82) is 0 Å². The molecule has 1 aromatic heterocycles. The summed E-state index contributed by atoms with van der Waals surface area (Å²) in [4.78, 5) is 29.1. The predicted octanol–water partition coefficient (Wildman–Crippen LogP) is 3.47. The molecule has 1 fully saturated rings. The molecule has 2 amide bonds. The fourth-order valence-electron chi connectivity index (χ4n) is 2.92. The molecule has 4 rings (SSSR count). The zero-order chi connectivity index (χ0) is 19.5. The van der Waals surface area contributed by atoms with Gasteiger partial charge in [-0.1, -0.05) is 12.1 Å². The predicted molar refractivity (Wildman–Crippen MR) is 105 cm³/mol. The minimum atomic E-state index is -0.361. The van der Waals surface area contributed by atoms with Crippen molar-refractivity contribution in [1.82, 2.24) is 10.3 Å². The molecule has 3 aromatic rings. The molecule has 144 valence electrons. The van der Waals surface area contributed by atoms with Gasteiger partial charge in [-0.25, -0.2) is 4.98 Å². The summed E-state index contributed by atoms with van der Waals surface area (Å²) in [6.07, 6.45) is 2.23. The van der Waals surface area contributed by atoms with E-state index in [-0.39, 0.29) is 18.4 Å². The molecule has 1 aliphatic carbocycles. The number of aromatic nitrogens is 1. The topological polar surface area (TPSA) is 93.5 Å². The molecule has 2 N–H and O–H groups in total. The van der Waals surface area contributed by atoms with E-state index in [1.54, 1.807) is 42.5 Å². The van der Waals surface area contributed by atoms with Gasteiger partial charge in [0.2, 0.25) is 5.91 Å². The molecule has 7 heteroatoms. The van der Waals surface area contributed by atoms with Crippen LogP contribution in [-0.4, -0.2) is 29.9 Å². The fraction of sp³-hybridized carbons (Fsp3) is 0.286. The maximum Gasteiger partial charge on any atom is 0.255 e. The monoisotopic (exact) mass is 379 g/mol. The molecule has 0 saturated heterocycles. The maximum atomic E-state index is 12.4. The molecule has 7 nitrogen and oxygen atoms in total. The Morgan fingerprint density at radius 1 is 1.21 bits per heavy atom. The maximum absolute atomic E-state index is 12.4. The highest BCUT2D eigenvalue weighted by Gasteiger charge is 2.28. The molecular weight excluding hydrogens is 358 g/mol. The van der Waals surface area contributed by atoms with E-state index in [1.165, 1.54) is 0 Å². The number of ether oxygens (including phenoxy) is 1. The number of para-hydroxylation sites is 1. The molecule has 1 saturated carbocycles. The minimum Gasteiger partial charge on any atom is -0.493 e. The SMILES string of the molecule is CCOc1ccccc1C(=O)NCC(=O)Nc1ccc2oc(C3CC3)nc2c1. The Labute approximate surface area is 162 Å². The molecule has 1 heterocycles. The normalized spacial score (nSPS) is 13.3. The van der Waals surface area contributed by atoms with Crippen LogP contribution in [0.25, 0.3) is 11.1 Å². The lowest BCUT2D eigenvalue weighted by Crippen LogP contribution is -2.33. The molecular formula is C21H21N3O4. The summed E-state index contributed by atoms with van der Waals surface area (Å²) in [5.41, 5.74) is 2.43. The molecule has 1 aliphatic rings. The first-order valence-corrected chi connectivity index (χ1v) is 9.34. The van der Waals surface area contributed by atoms with Gasteiger partial charge < -0.3 is 19.8 Å². The number of rotatable bonds is 7. The van der Waals surface area contributed by atoms with Crippen molar-refractivity contribution in [2.24, 2.45) is 0 Å². The summed E-state index contributed by atoms with van der Waals surface area (Å²) in [5.74, 6) is 0.998. The van der Waals surface area contributed by atoms with Crippen molar-refractivity contribution in [3.8, 4) is 5.75 Å². The van der Waals surface area contributed by atoms with Crippen LogP contribution in [0.5, 0.6) is 5.75 Å². The van der Waals surface area contributed by atoms with Gasteiger partial charge >= 0.3 is 0 Å². The van der Waals surface area contributed by atoms with Crippen LogP contribution in [0.4, 0.5) is 5.69 Å². The first-order valence-electron chi connectivity index (χ1n) is 9.34. The fourth-order valence-corrected chi connectivity index (χ4v) is 2.92. The van der Waals surface area contributed by atoms with E-state index in [2.05, 4.69) is 15.6 Å². The van der Waals surface area contributed by atoms with Crippen LogP contribution in [0, 0.1) is 0 Å². The van der Waals surface area contributed by atoms with Gasteiger partial charge in [-0.15, -0.1) is 0 Å². The van der Waals surface area contributed by atoms with Gasteiger partial charge in [0, 0.05) is 11.6 Å². The van der Waals surface area contributed by atoms with E-state index in [1.807, 2.05) is 6.92 Å². The van der Waals surface area contributed by atoms with Gasteiger partial charge in [0.1, 0.15) is 11.3 Å². The number of hydrogen-bond acceptors (Lipinski definition) is 5. The minimum absolute atomic E-state index is 0.149. The lowest BCUT2D eigenvalue weighted by atomic mass is 10.2. The van der Waals surface area contributed by atoms with Crippen molar-refractivity contribution >= 4 is 28.6 Å². The zero-order valence-electron chi connectivity index (χ0n) is 15.5. The Balaban J connectivity index is 1.36. The van der Waals surface area contributed by atoms with E-state index in [0.717, 1.165) is 24.2 Å². The van der Waals surface area contributed by atoms with Crippen molar-refractivity contribution in [2.45, 2.75) is 25.7 Å². The Bertz CT molecular complexity index is 1020. The highest BCUT2D eigenvalue weighted by Crippen LogP contribution is 2.40. The summed E-state index contributed by atoms with van der Waals surface area (Å²) in [5, 5.41) is 5.39. The molecule has 0 spiro atoms. The van der Waals surface area contributed by atoms with Crippen molar-refractivity contribution < 1.29 is 18.7 Å². The summed E-state index contributed by atoms with van der Waals surface area (Å²) in [7, 11) is 0. The number of nitrogens with one attached hydrogen (secondary N) is 2. The van der Waals surface area contributed by atoms with Gasteiger partial charge in [0.15, 0.2) is 11.5 Å². The van der Waals surface area contributed by atoms with Crippen LogP contribution >= 0.6 is 0 Å². The van der Waals surface area contributed by atoms with Crippen LogP contribution in [0.3, 0.4) is 0 Å². The number of amides is 2. The molecule has 0 unspecified atom stereocenters. The summed E-state index contributed by atoms with van der Waals surface area (Å²) in [6.45, 7) is 2.16. The van der Waals surface area contributed by atoms with Crippen molar-refractivity contribution in [2.75, 3.05) is 18.5 Å². The number of anilines is 1. The average molecular weight is 379 g/mol. The number of benzene rings is 2. The van der Waals surface area contributed by atoms with Crippen molar-refractivity contribution in [3.05, 3.63) is 53.9 Å². The van der Waals surface area contributed by atoms with E-state index in [0.29, 0.717) is 35.1 Å². The van der Waals surface area contributed by atoms with Gasteiger partial charge in [-0.05, 0) is 50.1 Å². The lowest BCUT2D eigenvalue weighted by molar-refractivity contribution is -0.115. The van der Waals surface area contributed by atoms with Crippen LogP contribution in [-0.2, 0) is 4.79 Å². The van der Waals surface area contributed by atoms with Crippen LogP contribution < -0.4 is 15.4 Å². The average Bonchev–Trinajstić information content (AvgIpc) is 3.46. The third kappa shape index (κ3) is 3.98. The lowest BCUT2D eigenvalue weighted by Gasteiger charge is -2.10. The largest absolute Gasteiger partial charge is 0.493 e. The van der Waals surface area contributed by atoms with Gasteiger partial charge in [-0.2, -0.15) is 0 Å². The Hall–Kier alpha value is -3.35. The quantitative estimate of drug-likeness (QED) is 0.656. The molecule has 0 aliphatic heterocycles. The molecule has 0 bridgehead atoms. The number of fused-ring (bicyclic) bond motifs is 1. The second-order valence-electron chi connectivity index (χ2n) is 6.67. The van der Waals surface area contributed by atoms with E-state index in [4.69, 9.17) is 9.15 Å². The number of carbonyl (C=O) groups is 2. The van der Waals surface area contributed by atoms with E-state index < -0.39 is 0 Å². The molecule has 2 aromatic carbocycles. The van der Waals surface area contributed by atoms with Crippen LogP contribution in [0.15, 0.2) is 46.9 Å². The third-order valence-electron chi connectivity index (χ3n) is 4.46. The number of hydrogen-bond donors (Lipinski definition) is 2. The summed E-state index contributed by atoms with van der Waals surface area (Å²) < 4.78 is 11.2. The number of carbonyl (C=O) groups excluding carboxylic acids is 2. The summed E-state index contributed by atoms with van der Waals surface area (Å²) in [6, 6.07) is 12.3. The second-order valence-corrected chi connectivity index (χ2v) is 6.67. The number of nitrogens with zero attached hydrogens (tertiary/aromatic N) is 1. The second kappa shape index (κ2) is 7.72. The molecule has 0 atom stereocenters. The smallest absolute Gasteiger partial charge is 0.255 e. The summed E-state index contributed by atoms with van der Waals surface area (Å²) >= 11 is 0. The Morgan fingerprint density at radius 3 is 2.82 bits per heavy atom. The standard InChI is InChI=1S/C21H21N3O4/c1-2-27-17-6-4-3-5-15(17)20(26)22-12-19(25)23-14-9-10-18-16(11-14)24-21(28-18)13-7-8-13/h3-6,9-11,13H,2,7-8,12H2,1H3,(H,22,26)(H,23,25). The van der Waals surface area contributed by atoms with Gasteiger partial charge in [-0.3, -0.25) is 9.59 Å². The zero-order valence-corrected chi connectivity index (χ0v) is 15.5.